The Bertz CT molecular complexity index is 493. The molecule has 3 N–H and O–H groups in total. The number of benzene rings is 1. The fourth-order valence-electron chi connectivity index (χ4n) is 2.50. The topological polar surface area (TPSA) is 77.1 Å². The Morgan fingerprint density at radius 1 is 1.40 bits per heavy atom. The van der Waals surface area contributed by atoms with E-state index in [1.54, 1.807) is 25.3 Å². The average molecular weight is 299 g/mol. The average Bonchev–Trinajstić information content (AvgIpc) is 2.47. The lowest BCUT2D eigenvalue weighted by molar-refractivity contribution is 0.0209. The van der Waals surface area contributed by atoms with Gasteiger partial charge in [0, 0.05) is 13.5 Å². The summed E-state index contributed by atoms with van der Waals surface area (Å²) in [5.41, 5.74) is 6.09. The molecule has 1 aliphatic rings. The molecule has 5 nitrogen and oxygen atoms in total. The molecule has 110 valence electrons. The molecule has 0 aromatic heterocycles. The summed E-state index contributed by atoms with van der Waals surface area (Å²) < 4.78 is 11.4. The summed E-state index contributed by atoms with van der Waals surface area (Å²) in [6.07, 6.45) is 4.18. The molecule has 1 saturated carbocycles. The van der Waals surface area contributed by atoms with Gasteiger partial charge in [-0.15, -0.1) is 0 Å². The molecule has 1 aromatic rings. The van der Waals surface area contributed by atoms with Crippen LogP contribution >= 0.6 is 11.6 Å². The van der Waals surface area contributed by atoms with Gasteiger partial charge < -0.3 is 20.4 Å². The van der Waals surface area contributed by atoms with Crippen LogP contribution in [0.1, 0.15) is 31.2 Å². The fraction of sp³-hybridized carbons (Fsp3) is 0.500. The Kier molecular flexibility index (Phi) is 5.09. The number of hydrogen-bond acceptors (Lipinski definition) is 4. The van der Waals surface area contributed by atoms with E-state index >= 15 is 0 Å². The van der Waals surface area contributed by atoms with E-state index in [0.717, 1.165) is 25.7 Å². The molecule has 0 amide bonds. The number of nitrogens with zero attached hydrogens (tertiary/aromatic N) is 1. The summed E-state index contributed by atoms with van der Waals surface area (Å²) >= 11 is 6.10. The first-order chi connectivity index (χ1) is 9.65. The minimum atomic E-state index is -0.0512. The highest BCUT2D eigenvalue weighted by molar-refractivity contribution is 6.34. The third-order valence-corrected chi connectivity index (χ3v) is 3.86. The van der Waals surface area contributed by atoms with Gasteiger partial charge in [0.05, 0.1) is 16.7 Å². The van der Waals surface area contributed by atoms with Crippen LogP contribution in [0.25, 0.3) is 0 Å². The normalized spacial score (nSPS) is 23.6. The standard InChI is InChI=1S/C14H19ClN2O3/c1-19-9-4-2-5-10(8-9)20-12-7-3-6-11(15)13(12)14(16)17-18/h3,6-7,9-10,18H,2,4-5,8H2,1H3,(H2,16,17). The van der Waals surface area contributed by atoms with Crippen molar-refractivity contribution < 1.29 is 14.7 Å². The van der Waals surface area contributed by atoms with Crippen LogP contribution in [0.2, 0.25) is 5.02 Å². The summed E-state index contributed by atoms with van der Waals surface area (Å²) in [4.78, 5) is 0. The largest absolute Gasteiger partial charge is 0.490 e. The highest BCUT2D eigenvalue weighted by atomic mass is 35.5. The van der Waals surface area contributed by atoms with Gasteiger partial charge in [0.25, 0.3) is 0 Å². The second-order valence-corrected chi connectivity index (χ2v) is 5.27. The molecule has 20 heavy (non-hydrogen) atoms. The Hall–Kier alpha value is -1.46. The first kappa shape index (κ1) is 14.9. The number of oxime groups is 1. The van der Waals surface area contributed by atoms with Crippen LogP contribution in [0.3, 0.4) is 0 Å². The van der Waals surface area contributed by atoms with Crippen molar-refractivity contribution in [1.82, 2.24) is 0 Å². The zero-order chi connectivity index (χ0) is 14.5. The van der Waals surface area contributed by atoms with Gasteiger partial charge in [-0.05, 0) is 31.4 Å². The quantitative estimate of drug-likeness (QED) is 0.388. The Morgan fingerprint density at radius 3 is 2.85 bits per heavy atom. The molecule has 1 aliphatic carbocycles. The summed E-state index contributed by atoms with van der Waals surface area (Å²) in [5, 5.41) is 12.3. The number of amidine groups is 1. The van der Waals surface area contributed by atoms with E-state index in [2.05, 4.69) is 5.16 Å². The van der Waals surface area contributed by atoms with Crippen LogP contribution in [-0.2, 0) is 4.74 Å². The second kappa shape index (κ2) is 6.81. The molecular weight excluding hydrogens is 280 g/mol. The fourth-order valence-corrected chi connectivity index (χ4v) is 2.77. The highest BCUT2D eigenvalue weighted by Crippen LogP contribution is 2.30. The first-order valence-electron chi connectivity index (χ1n) is 6.61. The number of ether oxygens (including phenoxy) is 2. The molecule has 2 atom stereocenters. The van der Waals surface area contributed by atoms with E-state index in [-0.39, 0.29) is 18.0 Å². The molecular formula is C14H19ClN2O3. The molecule has 0 heterocycles. The lowest BCUT2D eigenvalue weighted by atomic mass is 9.95. The zero-order valence-corrected chi connectivity index (χ0v) is 12.1. The van der Waals surface area contributed by atoms with Crippen LogP contribution in [0.4, 0.5) is 0 Å². The third-order valence-electron chi connectivity index (χ3n) is 3.54. The van der Waals surface area contributed by atoms with Gasteiger partial charge in [-0.3, -0.25) is 0 Å². The third kappa shape index (κ3) is 3.35. The van der Waals surface area contributed by atoms with Crippen molar-refractivity contribution in [2.24, 2.45) is 10.9 Å². The van der Waals surface area contributed by atoms with Crippen molar-refractivity contribution in [2.45, 2.75) is 37.9 Å². The predicted octanol–water partition coefficient (Wildman–Crippen LogP) is 2.77. The van der Waals surface area contributed by atoms with E-state index in [1.165, 1.54) is 0 Å². The predicted molar refractivity (Wildman–Crippen MR) is 77.6 cm³/mol. The van der Waals surface area contributed by atoms with Crippen LogP contribution in [0, 0.1) is 0 Å². The highest BCUT2D eigenvalue weighted by Gasteiger charge is 2.24. The molecule has 6 heteroatoms. The van der Waals surface area contributed by atoms with E-state index in [0.29, 0.717) is 16.3 Å². The van der Waals surface area contributed by atoms with Gasteiger partial charge in [-0.1, -0.05) is 22.8 Å². The maximum atomic E-state index is 8.85. The first-order valence-corrected chi connectivity index (χ1v) is 6.99. The number of methoxy groups -OCH3 is 1. The van der Waals surface area contributed by atoms with Gasteiger partial charge in [0.2, 0.25) is 0 Å². The maximum absolute atomic E-state index is 8.85. The van der Waals surface area contributed by atoms with Gasteiger partial charge >= 0.3 is 0 Å². The molecule has 0 spiro atoms. The summed E-state index contributed by atoms with van der Waals surface area (Å²) in [7, 11) is 1.72. The number of nitrogens with two attached hydrogens (primary N) is 1. The van der Waals surface area contributed by atoms with Crippen molar-refractivity contribution in [2.75, 3.05) is 7.11 Å². The summed E-state index contributed by atoms with van der Waals surface area (Å²) in [6.45, 7) is 0. The summed E-state index contributed by atoms with van der Waals surface area (Å²) in [5.74, 6) is 0.485. The van der Waals surface area contributed by atoms with Gasteiger partial charge in [0.15, 0.2) is 5.84 Å². The maximum Gasteiger partial charge on any atom is 0.175 e. The van der Waals surface area contributed by atoms with Gasteiger partial charge in [-0.2, -0.15) is 0 Å². The molecule has 0 bridgehead atoms. The molecule has 0 saturated heterocycles. The molecule has 2 unspecified atom stereocenters. The summed E-state index contributed by atoms with van der Waals surface area (Å²) in [6, 6.07) is 5.23. The minimum absolute atomic E-state index is 0.0512. The van der Waals surface area contributed by atoms with Crippen molar-refractivity contribution in [3.8, 4) is 5.75 Å². The van der Waals surface area contributed by atoms with Crippen LogP contribution in [0.5, 0.6) is 5.75 Å². The van der Waals surface area contributed by atoms with Crippen molar-refractivity contribution in [3.05, 3.63) is 28.8 Å². The van der Waals surface area contributed by atoms with Crippen molar-refractivity contribution in [3.63, 3.8) is 0 Å². The molecule has 2 rings (SSSR count). The molecule has 0 radical (unpaired) electrons. The van der Waals surface area contributed by atoms with Crippen LogP contribution in [0.15, 0.2) is 23.4 Å². The van der Waals surface area contributed by atoms with E-state index < -0.39 is 0 Å². The molecule has 1 fully saturated rings. The Labute approximate surface area is 123 Å². The SMILES string of the molecule is COC1CCCC(Oc2cccc(Cl)c2C(N)=NO)C1. The van der Waals surface area contributed by atoms with E-state index in [1.807, 2.05) is 0 Å². The molecule has 0 aliphatic heterocycles. The lowest BCUT2D eigenvalue weighted by Crippen LogP contribution is -2.30. The number of rotatable bonds is 4. The second-order valence-electron chi connectivity index (χ2n) is 4.86. The smallest absolute Gasteiger partial charge is 0.175 e. The Morgan fingerprint density at radius 2 is 2.15 bits per heavy atom. The zero-order valence-electron chi connectivity index (χ0n) is 11.4. The van der Waals surface area contributed by atoms with Crippen LogP contribution < -0.4 is 10.5 Å². The van der Waals surface area contributed by atoms with E-state index in [4.69, 9.17) is 32.0 Å². The van der Waals surface area contributed by atoms with Gasteiger partial charge in [-0.25, -0.2) is 0 Å². The molecule has 1 aromatic carbocycles. The van der Waals surface area contributed by atoms with Crippen LogP contribution in [-0.4, -0.2) is 30.4 Å². The minimum Gasteiger partial charge on any atom is -0.490 e. The number of halogens is 1. The van der Waals surface area contributed by atoms with Gasteiger partial charge in [0.1, 0.15) is 11.9 Å². The number of hydrogen-bond donors (Lipinski definition) is 2. The lowest BCUT2D eigenvalue weighted by Gasteiger charge is -2.29. The van der Waals surface area contributed by atoms with Crippen molar-refractivity contribution >= 4 is 17.4 Å². The monoisotopic (exact) mass is 298 g/mol. The van der Waals surface area contributed by atoms with E-state index in [9.17, 15) is 0 Å². The van der Waals surface area contributed by atoms with Crippen molar-refractivity contribution in [1.29, 1.82) is 0 Å². The Balaban J connectivity index is 2.19.